The van der Waals surface area contributed by atoms with E-state index in [1.165, 1.54) is 18.1 Å². The zero-order chi connectivity index (χ0) is 15.1. The molecule has 1 amide bonds. The van der Waals surface area contributed by atoms with Crippen LogP contribution < -0.4 is 5.32 Å². The molecule has 0 spiro atoms. The first-order valence-electron chi connectivity index (χ1n) is 7.30. The molecule has 1 N–H and O–H groups in total. The lowest BCUT2D eigenvalue weighted by molar-refractivity contribution is -0.114. The number of anilines is 1. The minimum atomic E-state index is -0.0398. The summed E-state index contributed by atoms with van der Waals surface area (Å²) in [6, 6.07) is 18.5. The van der Waals surface area contributed by atoms with Gasteiger partial charge in [0.2, 0.25) is 5.91 Å². The molecule has 0 atom stereocenters. The molecule has 110 valence electrons. The van der Waals surface area contributed by atoms with E-state index < -0.39 is 0 Å². The Bertz CT molecular complexity index is 564. The second kappa shape index (κ2) is 7.60. The fourth-order valence-electron chi connectivity index (χ4n) is 2.28. The van der Waals surface area contributed by atoms with E-state index in [4.69, 9.17) is 0 Å². The number of carbonyl (C=O) groups is 1. The third kappa shape index (κ3) is 5.04. The van der Waals surface area contributed by atoms with Crippen LogP contribution in [-0.2, 0) is 17.9 Å². The number of carbonyl (C=O) groups excluding carboxylic acids is 1. The number of benzene rings is 2. The molecule has 0 bridgehead atoms. The molecule has 0 heterocycles. The Morgan fingerprint density at radius 1 is 0.952 bits per heavy atom. The molecule has 0 aliphatic rings. The third-order valence-corrected chi connectivity index (χ3v) is 3.38. The minimum Gasteiger partial charge on any atom is -0.326 e. The fourth-order valence-corrected chi connectivity index (χ4v) is 2.28. The van der Waals surface area contributed by atoms with Gasteiger partial charge in [0.25, 0.3) is 0 Å². The molecule has 2 rings (SSSR count). The van der Waals surface area contributed by atoms with E-state index in [2.05, 4.69) is 53.5 Å². The molecule has 0 aliphatic heterocycles. The number of hydrogen-bond acceptors (Lipinski definition) is 2. The van der Waals surface area contributed by atoms with E-state index in [1.807, 2.05) is 18.2 Å². The Hall–Kier alpha value is -2.13. The van der Waals surface area contributed by atoms with Gasteiger partial charge in [-0.2, -0.15) is 0 Å². The highest BCUT2D eigenvalue weighted by Crippen LogP contribution is 2.13. The van der Waals surface area contributed by atoms with Gasteiger partial charge in [-0.05, 0) is 29.8 Å². The van der Waals surface area contributed by atoms with Crippen molar-refractivity contribution in [2.45, 2.75) is 26.9 Å². The van der Waals surface area contributed by atoms with Crippen molar-refractivity contribution in [3.05, 3.63) is 65.7 Å². The van der Waals surface area contributed by atoms with Crippen LogP contribution in [0.4, 0.5) is 5.69 Å². The summed E-state index contributed by atoms with van der Waals surface area (Å²) >= 11 is 0. The average Bonchev–Trinajstić information content (AvgIpc) is 2.49. The van der Waals surface area contributed by atoms with Crippen LogP contribution in [0.15, 0.2) is 54.6 Å². The largest absolute Gasteiger partial charge is 0.326 e. The summed E-state index contributed by atoms with van der Waals surface area (Å²) in [6.45, 7) is 6.56. The summed E-state index contributed by atoms with van der Waals surface area (Å²) < 4.78 is 0. The Balaban J connectivity index is 1.96. The molecule has 2 aromatic carbocycles. The first-order chi connectivity index (χ1) is 10.2. The molecule has 0 unspecified atom stereocenters. The molecule has 3 heteroatoms. The van der Waals surface area contributed by atoms with Crippen molar-refractivity contribution in [2.75, 3.05) is 11.9 Å². The zero-order valence-electron chi connectivity index (χ0n) is 12.7. The number of hydrogen-bond donors (Lipinski definition) is 1. The van der Waals surface area contributed by atoms with Crippen LogP contribution in [0.3, 0.4) is 0 Å². The summed E-state index contributed by atoms with van der Waals surface area (Å²) in [4.78, 5) is 13.4. The summed E-state index contributed by atoms with van der Waals surface area (Å²) in [7, 11) is 0. The van der Waals surface area contributed by atoms with Crippen LogP contribution in [0.2, 0.25) is 0 Å². The number of nitrogens with one attached hydrogen (secondary N) is 1. The number of rotatable bonds is 6. The summed E-state index contributed by atoms with van der Waals surface area (Å²) in [6.07, 6.45) is 0. The summed E-state index contributed by atoms with van der Waals surface area (Å²) in [5.74, 6) is -0.0398. The van der Waals surface area contributed by atoms with Crippen LogP contribution in [0, 0.1) is 0 Å². The number of amides is 1. The monoisotopic (exact) mass is 282 g/mol. The molecule has 3 nitrogen and oxygen atoms in total. The van der Waals surface area contributed by atoms with E-state index in [1.54, 1.807) is 0 Å². The van der Waals surface area contributed by atoms with Crippen molar-refractivity contribution < 1.29 is 4.79 Å². The molecule has 2 aromatic rings. The highest BCUT2D eigenvalue weighted by molar-refractivity contribution is 5.88. The second-order valence-corrected chi connectivity index (χ2v) is 5.17. The van der Waals surface area contributed by atoms with Crippen molar-refractivity contribution in [3.8, 4) is 0 Å². The van der Waals surface area contributed by atoms with Crippen molar-refractivity contribution in [1.82, 2.24) is 4.90 Å². The SMILES string of the molecule is CCN(Cc1ccccc1)Cc1ccc(NC(C)=O)cc1. The van der Waals surface area contributed by atoms with Gasteiger partial charge >= 0.3 is 0 Å². The lowest BCUT2D eigenvalue weighted by atomic mass is 10.1. The Kier molecular flexibility index (Phi) is 5.52. The smallest absolute Gasteiger partial charge is 0.221 e. The molecule has 0 saturated heterocycles. The van der Waals surface area contributed by atoms with E-state index >= 15 is 0 Å². The molecular formula is C18H22N2O. The van der Waals surface area contributed by atoms with Gasteiger partial charge < -0.3 is 5.32 Å². The van der Waals surface area contributed by atoms with Gasteiger partial charge in [0.1, 0.15) is 0 Å². The highest BCUT2D eigenvalue weighted by atomic mass is 16.1. The van der Waals surface area contributed by atoms with E-state index in [0.717, 1.165) is 25.3 Å². The first-order valence-corrected chi connectivity index (χ1v) is 7.30. The second-order valence-electron chi connectivity index (χ2n) is 5.17. The molecular weight excluding hydrogens is 260 g/mol. The Morgan fingerprint density at radius 2 is 1.52 bits per heavy atom. The molecule has 0 radical (unpaired) electrons. The lowest BCUT2D eigenvalue weighted by Gasteiger charge is -2.20. The van der Waals surface area contributed by atoms with E-state index in [9.17, 15) is 4.79 Å². The lowest BCUT2D eigenvalue weighted by Crippen LogP contribution is -2.22. The highest BCUT2D eigenvalue weighted by Gasteiger charge is 2.05. The van der Waals surface area contributed by atoms with Gasteiger partial charge in [0.15, 0.2) is 0 Å². The van der Waals surface area contributed by atoms with Crippen LogP contribution >= 0.6 is 0 Å². The van der Waals surface area contributed by atoms with Gasteiger partial charge in [0.05, 0.1) is 0 Å². The normalized spacial score (nSPS) is 10.6. The average molecular weight is 282 g/mol. The Morgan fingerprint density at radius 3 is 2.05 bits per heavy atom. The van der Waals surface area contributed by atoms with E-state index in [-0.39, 0.29) is 5.91 Å². The van der Waals surface area contributed by atoms with Gasteiger partial charge in [-0.1, -0.05) is 49.4 Å². The van der Waals surface area contributed by atoms with Gasteiger partial charge in [-0.15, -0.1) is 0 Å². The van der Waals surface area contributed by atoms with Crippen LogP contribution in [0.25, 0.3) is 0 Å². The molecule has 0 saturated carbocycles. The van der Waals surface area contributed by atoms with Gasteiger partial charge in [0, 0.05) is 25.7 Å². The maximum Gasteiger partial charge on any atom is 0.221 e. The van der Waals surface area contributed by atoms with Crippen LogP contribution in [-0.4, -0.2) is 17.4 Å². The molecule has 21 heavy (non-hydrogen) atoms. The molecule has 0 fully saturated rings. The quantitative estimate of drug-likeness (QED) is 0.876. The van der Waals surface area contributed by atoms with Gasteiger partial charge in [-0.25, -0.2) is 0 Å². The van der Waals surface area contributed by atoms with Crippen molar-refractivity contribution >= 4 is 11.6 Å². The van der Waals surface area contributed by atoms with Crippen molar-refractivity contribution in [1.29, 1.82) is 0 Å². The zero-order valence-corrected chi connectivity index (χ0v) is 12.7. The molecule has 0 aromatic heterocycles. The fraction of sp³-hybridized carbons (Fsp3) is 0.278. The summed E-state index contributed by atoms with van der Waals surface area (Å²) in [5.41, 5.74) is 3.42. The van der Waals surface area contributed by atoms with Crippen LogP contribution in [0.1, 0.15) is 25.0 Å². The Labute approximate surface area is 126 Å². The predicted molar refractivity (Wildman–Crippen MR) is 87.0 cm³/mol. The maximum absolute atomic E-state index is 11.0. The predicted octanol–water partition coefficient (Wildman–Crippen LogP) is 3.67. The van der Waals surface area contributed by atoms with Crippen molar-refractivity contribution in [3.63, 3.8) is 0 Å². The summed E-state index contributed by atoms with van der Waals surface area (Å²) in [5, 5.41) is 2.79. The minimum absolute atomic E-state index is 0.0398. The topological polar surface area (TPSA) is 32.3 Å². The van der Waals surface area contributed by atoms with Crippen LogP contribution in [0.5, 0.6) is 0 Å². The van der Waals surface area contributed by atoms with E-state index in [0.29, 0.717) is 0 Å². The third-order valence-electron chi connectivity index (χ3n) is 3.38. The van der Waals surface area contributed by atoms with Crippen molar-refractivity contribution in [2.24, 2.45) is 0 Å². The van der Waals surface area contributed by atoms with Gasteiger partial charge in [-0.3, -0.25) is 9.69 Å². The number of nitrogens with zero attached hydrogens (tertiary/aromatic N) is 1. The molecule has 0 aliphatic carbocycles. The standard InChI is InChI=1S/C18H22N2O/c1-3-20(13-16-7-5-4-6-8-16)14-17-9-11-18(12-10-17)19-15(2)21/h4-12H,3,13-14H2,1-2H3,(H,19,21). The first kappa shape index (κ1) is 15.3. The maximum atomic E-state index is 11.0.